The van der Waals surface area contributed by atoms with Gasteiger partial charge in [-0.05, 0) is 26.2 Å². The predicted octanol–water partition coefficient (Wildman–Crippen LogP) is 0.670. The summed E-state index contributed by atoms with van der Waals surface area (Å²) >= 11 is 0. The van der Waals surface area contributed by atoms with Crippen LogP contribution < -0.4 is 10.6 Å². The lowest BCUT2D eigenvalue weighted by molar-refractivity contribution is -0.120. The van der Waals surface area contributed by atoms with E-state index in [9.17, 15) is 4.79 Å². The Kier molecular flexibility index (Phi) is 5.65. The van der Waals surface area contributed by atoms with E-state index >= 15 is 0 Å². The highest BCUT2D eigenvalue weighted by molar-refractivity contribution is 5.77. The molecule has 4 nitrogen and oxygen atoms in total. The normalized spacial score (nSPS) is 26.3. The second-order valence-corrected chi connectivity index (χ2v) is 4.13. The zero-order chi connectivity index (χ0) is 11.1. The Bertz CT molecular complexity index is 197. The zero-order valence-electron chi connectivity index (χ0n) is 9.71. The van der Waals surface area contributed by atoms with Crippen molar-refractivity contribution in [3.05, 3.63) is 0 Å². The largest absolute Gasteiger partial charge is 0.378 e. The van der Waals surface area contributed by atoms with Gasteiger partial charge in [0.25, 0.3) is 0 Å². The van der Waals surface area contributed by atoms with E-state index in [1.165, 1.54) is 0 Å². The first-order valence-corrected chi connectivity index (χ1v) is 5.84. The van der Waals surface area contributed by atoms with Gasteiger partial charge in [-0.1, -0.05) is 6.92 Å². The first kappa shape index (κ1) is 12.5. The van der Waals surface area contributed by atoms with Gasteiger partial charge in [0.1, 0.15) is 0 Å². The maximum Gasteiger partial charge on any atom is 0.233 e. The van der Waals surface area contributed by atoms with Crippen LogP contribution in [0, 0.1) is 0 Å². The van der Waals surface area contributed by atoms with Crippen LogP contribution in [0.5, 0.6) is 0 Å². The Morgan fingerprint density at radius 3 is 3.00 bits per heavy atom. The molecule has 1 fully saturated rings. The fraction of sp³-hybridized carbons (Fsp3) is 0.909. The molecule has 0 saturated carbocycles. The van der Waals surface area contributed by atoms with Crippen LogP contribution in [0.3, 0.4) is 0 Å². The van der Waals surface area contributed by atoms with E-state index in [2.05, 4.69) is 17.6 Å². The minimum absolute atomic E-state index is 0.0935. The highest BCUT2D eigenvalue weighted by atomic mass is 16.5. The number of amides is 1. The van der Waals surface area contributed by atoms with Crippen molar-refractivity contribution in [1.82, 2.24) is 10.6 Å². The number of carbonyl (C=O) groups is 1. The molecule has 2 unspecified atom stereocenters. The molecule has 15 heavy (non-hydrogen) atoms. The standard InChI is InChI=1S/C11H22N2O2/c1-3-5-12-11(14)8-13-10-4-6-15-9(2)7-10/h9-10,13H,3-8H2,1-2H3,(H,12,14). The van der Waals surface area contributed by atoms with Crippen molar-refractivity contribution in [2.45, 2.75) is 45.3 Å². The third kappa shape index (κ3) is 5.14. The number of ether oxygens (including phenoxy) is 1. The molecule has 0 spiro atoms. The molecule has 2 atom stereocenters. The van der Waals surface area contributed by atoms with Gasteiger partial charge in [0.05, 0.1) is 12.6 Å². The van der Waals surface area contributed by atoms with Gasteiger partial charge >= 0.3 is 0 Å². The third-order valence-corrected chi connectivity index (χ3v) is 2.61. The summed E-state index contributed by atoms with van der Waals surface area (Å²) in [5.41, 5.74) is 0. The second-order valence-electron chi connectivity index (χ2n) is 4.13. The van der Waals surface area contributed by atoms with Gasteiger partial charge in [0.15, 0.2) is 0 Å². The summed E-state index contributed by atoms with van der Waals surface area (Å²) in [6.07, 6.45) is 3.31. The van der Waals surface area contributed by atoms with Crippen molar-refractivity contribution in [3.63, 3.8) is 0 Å². The molecule has 1 rings (SSSR count). The van der Waals surface area contributed by atoms with E-state index in [1.807, 2.05) is 6.92 Å². The molecule has 2 N–H and O–H groups in total. The lowest BCUT2D eigenvalue weighted by Gasteiger charge is -2.27. The summed E-state index contributed by atoms with van der Waals surface area (Å²) in [5, 5.41) is 6.12. The van der Waals surface area contributed by atoms with Crippen LogP contribution >= 0.6 is 0 Å². The molecule has 1 aliphatic heterocycles. The monoisotopic (exact) mass is 214 g/mol. The Balaban J connectivity index is 2.10. The molecule has 1 saturated heterocycles. The highest BCUT2D eigenvalue weighted by Crippen LogP contribution is 2.12. The molecule has 0 aromatic carbocycles. The molecule has 0 aromatic heterocycles. The van der Waals surface area contributed by atoms with Crippen LogP contribution in [-0.2, 0) is 9.53 Å². The Morgan fingerprint density at radius 2 is 2.33 bits per heavy atom. The Morgan fingerprint density at radius 1 is 1.53 bits per heavy atom. The van der Waals surface area contributed by atoms with Crippen molar-refractivity contribution in [2.75, 3.05) is 19.7 Å². The molecule has 1 aliphatic rings. The summed E-state index contributed by atoms with van der Waals surface area (Å²) in [5.74, 6) is 0.0935. The maximum atomic E-state index is 11.3. The van der Waals surface area contributed by atoms with E-state index < -0.39 is 0 Å². The van der Waals surface area contributed by atoms with E-state index in [1.54, 1.807) is 0 Å². The quantitative estimate of drug-likeness (QED) is 0.707. The van der Waals surface area contributed by atoms with Crippen LogP contribution in [0.25, 0.3) is 0 Å². The molecular weight excluding hydrogens is 192 g/mol. The summed E-state index contributed by atoms with van der Waals surface area (Å²) < 4.78 is 5.44. The number of hydrogen-bond donors (Lipinski definition) is 2. The zero-order valence-corrected chi connectivity index (χ0v) is 9.71. The van der Waals surface area contributed by atoms with Gasteiger partial charge < -0.3 is 15.4 Å². The third-order valence-electron chi connectivity index (χ3n) is 2.61. The maximum absolute atomic E-state index is 11.3. The predicted molar refractivity (Wildman–Crippen MR) is 59.7 cm³/mol. The number of carbonyl (C=O) groups excluding carboxylic acids is 1. The van der Waals surface area contributed by atoms with Crippen molar-refractivity contribution in [3.8, 4) is 0 Å². The lowest BCUT2D eigenvalue weighted by Crippen LogP contribution is -2.43. The Hall–Kier alpha value is -0.610. The average Bonchev–Trinajstić information content (AvgIpc) is 2.23. The summed E-state index contributed by atoms with van der Waals surface area (Å²) in [6, 6.07) is 0.432. The summed E-state index contributed by atoms with van der Waals surface area (Å²) in [4.78, 5) is 11.3. The molecule has 0 aliphatic carbocycles. The fourth-order valence-corrected chi connectivity index (χ4v) is 1.75. The first-order chi connectivity index (χ1) is 7.22. The van der Waals surface area contributed by atoms with Crippen molar-refractivity contribution in [1.29, 1.82) is 0 Å². The first-order valence-electron chi connectivity index (χ1n) is 5.84. The topological polar surface area (TPSA) is 50.4 Å². The minimum Gasteiger partial charge on any atom is -0.378 e. The number of rotatable bonds is 5. The molecule has 88 valence electrons. The van der Waals surface area contributed by atoms with Crippen LogP contribution in [0.2, 0.25) is 0 Å². The fourth-order valence-electron chi connectivity index (χ4n) is 1.75. The van der Waals surface area contributed by atoms with E-state index in [0.29, 0.717) is 18.7 Å². The van der Waals surface area contributed by atoms with Crippen LogP contribution in [0.15, 0.2) is 0 Å². The summed E-state index contributed by atoms with van der Waals surface area (Å²) in [7, 11) is 0. The van der Waals surface area contributed by atoms with Gasteiger partial charge in [-0.15, -0.1) is 0 Å². The molecule has 1 heterocycles. The van der Waals surface area contributed by atoms with Crippen molar-refractivity contribution < 1.29 is 9.53 Å². The van der Waals surface area contributed by atoms with E-state index in [0.717, 1.165) is 32.4 Å². The molecule has 0 bridgehead atoms. The summed E-state index contributed by atoms with van der Waals surface area (Å²) in [6.45, 7) is 6.12. The Labute approximate surface area is 91.8 Å². The van der Waals surface area contributed by atoms with Crippen LogP contribution in [-0.4, -0.2) is 37.7 Å². The molecule has 4 heteroatoms. The van der Waals surface area contributed by atoms with E-state index in [4.69, 9.17) is 4.74 Å². The van der Waals surface area contributed by atoms with Crippen LogP contribution in [0.4, 0.5) is 0 Å². The second kappa shape index (κ2) is 6.80. The van der Waals surface area contributed by atoms with Gasteiger partial charge in [-0.25, -0.2) is 0 Å². The van der Waals surface area contributed by atoms with Gasteiger partial charge in [-0.3, -0.25) is 4.79 Å². The molecule has 0 radical (unpaired) electrons. The number of hydrogen-bond acceptors (Lipinski definition) is 3. The van der Waals surface area contributed by atoms with Crippen LogP contribution in [0.1, 0.15) is 33.1 Å². The molecule has 0 aromatic rings. The smallest absolute Gasteiger partial charge is 0.233 e. The van der Waals surface area contributed by atoms with Gasteiger partial charge in [0.2, 0.25) is 5.91 Å². The molecular formula is C11H22N2O2. The van der Waals surface area contributed by atoms with E-state index in [-0.39, 0.29) is 5.91 Å². The van der Waals surface area contributed by atoms with Crippen molar-refractivity contribution >= 4 is 5.91 Å². The SMILES string of the molecule is CCCNC(=O)CNC1CCOC(C)C1. The highest BCUT2D eigenvalue weighted by Gasteiger charge is 2.19. The number of nitrogens with one attached hydrogen (secondary N) is 2. The van der Waals surface area contributed by atoms with Crippen molar-refractivity contribution in [2.24, 2.45) is 0 Å². The molecule has 1 amide bonds. The average molecular weight is 214 g/mol. The lowest BCUT2D eigenvalue weighted by atomic mass is 10.0. The van der Waals surface area contributed by atoms with Gasteiger partial charge in [0, 0.05) is 19.2 Å². The minimum atomic E-state index is 0.0935. The van der Waals surface area contributed by atoms with Gasteiger partial charge in [-0.2, -0.15) is 0 Å².